The minimum absolute atomic E-state index is 0.0879. The molecule has 0 aliphatic heterocycles. The Hall–Kier alpha value is -2.23. The van der Waals surface area contributed by atoms with Crippen LogP contribution in [0.1, 0.15) is 25.7 Å². The lowest BCUT2D eigenvalue weighted by Gasteiger charge is -2.25. The highest BCUT2D eigenvalue weighted by molar-refractivity contribution is 7.89. The van der Waals surface area contributed by atoms with Gasteiger partial charge in [0.1, 0.15) is 5.54 Å². The third-order valence-electron chi connectivity index (χ3n) is 4.49. The van der Waals surface area contributed by atoms with E-state index in [1.165, 1.54) is 24.4 Å². The molecule has 0 amide bonds. The van der Waals surface area contributed by atoms with E-state index in [0.717, 1.165) is 6.34 Å². The van der Waals surface area contributed by atoms with Gasteiger partial charge in [-0.3, -0.25) is 4.79 Å². The van der Waals surface area contributed by atoms with Crippen molar-refractivity contribution in [1.82, 2.24) is 9.71 Å². The first-order valence-corrected chi connectivity index (χ1v) is 9.75. The van der Waals surface area contributed by atoms with E-state index < -0.39 is 21.5 Å². The summed E-state index contributed by atoms with van der Waals surface area (Å²) in [5, 5.41) is 10.8. The van der Waals surface area contributed by atoms with Crippen LogP contribution < -0.4 is 10.5 Å². The number of aliphatic imine (C=N–C) groups is 1. The fourth-order valence-corrected chi connectivity index (χ4v) is 4.83. The maximum absolute atomic E-state index is 12.8. The van der Waals surface area contributed by atoms with Gasteiger partial charge in [0.2, 0.25) is 10.0 Å². The van der Waals surface area contributed by atoms with Crippen molar-refractivity contribution in [3.8, 4) is 0 Å². The standard InChI is InChI=1S/C16H17ClN4O4S/c17-13-8-19-14(20-9-18)12-7-10(3-4-11(12)13)26(24,25)21-16(15(22)23)5-1-2-6-16/h3-4,7-9,21H,1-2,5-6H2,(H,22,23)(H2,18,19,20). The molecule has 1 saturated carbocycles. The number of carboxylic acids is 1. The number of hydrogen-bond donors (Lipinski definition) is 3. The molecule has 0 unspecified atom stereocenters. The molecule has 138 valence electrons. The zero-order valence-corrected chi connectivity index (χ0v) is 15.2. The summed E-state index contributed by atoms with van der Waals surface area (Å²) in [5.41, 5.74) is 3.84. The van der Waals surface area contributed by atoms with Gasteiger partial charge in [-0.25, -0.2) is 18.4 Å². The largest absolute Gasteiger partial charge is 0.480 e. The molecule has 4 N–H and O–H groups in total. The Balaban J connectivity index is 2.09. The Labute approximate surface area is 155 Å². The van der Waals surface area contributed by atoms with E-state index in [9.17, 15) is 18.3 Å². The number of aromatic nitrogens is 1. The van der Waals surface area contributed by atoms with Crippen LogP contribution >= 0.6 is 11.6 Å². The molecule has 1 aliphatic rings. The number of nitrogens with two attached hydrogens (primary N) is 1. The lowest BCUT2D eigenvalue weighted by molar-refractivity contribution is -0.143. The maximum Gasteiger partial charge on any atom is 0.324 e. The van der Waals surface area contributed by atoms with Gasteiger partial charge in [0, 0.05) is 17.0 Å². The van der Waals surface area contributed by atoms with Crippen molar-refractivity contribution in [2.45, 2.75) is 36.1 Å². The maximum atomic E-state index is 12.8. The lowest BCUT2D eigenvalue weighted by atomic mass is 10.0. The lowest BCUT2D eigenvalue weighted by Crippen LogP contribution is -2.52. The number of hydrogen-bond acceptors (Lipinski definition) is 5. The molecular formula is C16H17ClN4O4S. The van der Waals surface area contributed by atoms with Gasteiger partial charge in [-0.05, 0) is 25.0 Å². The van der Waals surface area contributed by atoms with Crippen LogP contribution in [-0.4, -0.2) is 36.4 Å². The molecule has 2 aromatic rings. The van der Waals surface area contributed by atoms with Crippen molar-refractivity contribution in [2.75, 3.05) is 0 Å². The smallest absolute Gasteiger partial charge is 0.324 e. The molecule has 1 aromatic heterocycles. The number of nitrogens with one attached hydrogen (secondary N) is 1. The van der Waals surface area contributed by atoms with Crippen molar-refractivity contribution in [1.29, 1.82) is 0 Å². The van der Waals surface area contributed by atoms with Crippen LogP contribution in [0, 0.1) is 0 Å². The van der Waals surface area contributed by atoms with Crippen molar-refractivity contribution < 1.29 is 18.3 Å². The van der Waals surface area contributed by atoms with Gasteiger partial charge in [0.15, 0.2) is 5.82 Å². The van der Waals surface area contributed by atoms with Crippen LogP contribution in [-0.2, 0) is 14.8 Å². The number of pyridine rings is 1. The Morgan fingerprint density at radius 1 is 1.35 bits per heavy atom. The Morgan fingerprint density at radius 3 is 2.65 bits per heavy atom. The fraction of sp³-hybridized carbons (Fsp3) is 0.312. The predicted octanol–water partition coefficient (Wildman–Crippen LogP) is 2.18. The molecule has 1 fully saturated rings. The molecule has 3 rings (SSSR count). The summed E-state index contributed by atoms with van der Waals surface area (Å²) in [6.45, 7) is 0. The van der Waals surface area contributed by atoms with E-state index >= 15 is 0 Å². The second kappa shape index (κ2) is 6.82. The molecule has 0 bridgehead atoms. The Bertz CT molecular complexity index is 1000. The minimum Gasteiger partial charge on any atom is -0.480 e. The molecule has 0 radical (unpaired) electrons. The molecular weight excluding hydrogens is 380 g/mol. The summed E-state index contributed by atoms with van der Waals surface area (Å²) in [4.78, 5) is 19.5. The predicted molar refractivity (Wildman–Crippen MR) is 98.2 cm³/mol. The highest BCUT2D eigenvalue weighted by Gasteiger charge is 2.44. The van der Waals surface area contributed by atoms with Crippen LogP contribution in [0.5, 0.6) is 0 Å². The first-order valence-electron chi connectivity index (χ1n) is 7.89. The quantitative estimate of drug-likeness (QED) is 0.523. The summed E-state index contributed by atoms with van der Waals surface area (Å²) in [6, 6.07) is 4.27. The van der Waals surface area contributed by atoms with Gasteiger partial charge in [-0.15, -0.1) is 0 Å². The minimum atomic E-state index is -4.07. The summed E-state index contributed by atoms with van der Waals surface area (Å²) in [6.07, 6.45) is 4.27. The van der Waals surface area contributed by atoms with E-state index in [4.69, 9.17) is 17.3 Å². The van der Waals surface area contributed by atoms with Gasteiger partial charge in [0.25, 0.3) is 0 Å². The first kappa shape index (κ1) is 18.6. The van der Waals surface area contributed by atoms with Crippen LogP contribution in [0.25, 0.3) is 10.8 Å². The molecule has 0 saturated heterocycles. The Kier molecular flexibility index (Phi) is 4.87. The van der Waals surface area contributed by atoms with Gasteiger partial charge >= 0.3 is 5.97 Å². The molecule has 10 heteroatoms. The van der Waals surface area contributed by atoms with Gasteiger partial charge in [-0.1, -0.05) is 30.5 Å². The number of halogens is 1. The second-order valence-electron chi connectivity index (χ2n) is 6.12. The molecule has 0 spiro atoms. The molecule has 26 heavy (non-hydrogen) atoms. The monoisotopic (exact) mass is 396 g/mol. The summed E-state index contributed by atoms with van der Waals surface area (Å²) in [7, 11) is -4.07. The second-order valence-corrected chi connectivity index (χ2v) is 8.20. The molecule has 8 nitrogen and oxygen atoms in total. The fourth-order valence-electron chi connectivity index (χ4n) is 3.17. The molecule has 1 aromatic carbocycles. The number of carbonyl (C=O) groups is 1. The van der Waals surface area contributed by atoms with Crippen molar-refractivity contribution in [3.63, 3.8) is 0 Å². The van der Waals surface area contributed by atoms with Crippen LogP contribution in [0.2, 0.25) is 5.02 Å². The highest BCUT2D eigenvalue weighted by Crippen LogP contribution is 2.34. The molecule has 1 aliphatic carbocycles. The van der Waals surface area contributed by atoms with Gasteiger partial charge < -0.3 is 10.8 Å². The van der Waals surface area contributed by atoms with Crippen molar-refractivity contribution >= 4 is 50.5 Å². The van der Waals surface area contributed by atoms with Gasteiger partial charge in [0.05, 0.1) is 16.3 Å². The molecule has 0 atom stereocenters. The van der Waals surface area contributed by atoms with Crippen LogP contribution in [0.4, 0.5) is 5.82 Å². The third-order valence-corrected chi connectivity index (χ3v) is 6.33. The number of benzene rings is 1. The number of carboxylic acid groups (broad SMARTS) is 1. The highest BCUT2D eigenvalue weighted by atomic mass is 35.5. The average molecular weight is 397 g/mol. The number of aliphatic carboxylic acids is 1. The SMILES string of the molecule is NC=Nc1ncc(Cl)c2ccc(S(=O)(=O)NC3(C(=O)O)CCCC3)cc12. The third kappa shape index (κ3) is 3.25. The number of fused-ring (bicyclic) bond motifs is 1. The van der Waals surface area contributed by atoms with E-state index in [2.05, 4.69) is 14.7 Å². The summed E-state index contributed by atoms with van der Waals surface area (Å²) < 4.78 is 28.0. The zero-order chi connectivity index (χ0) is 18.9. The molecule has 1 heterocycles. The van der Waals surface area contributed by atoms with Crippen LogP contribution in [0.3, 0.4) is 0 Å². The average Bonchev–Trinajstić information content (AvgIpc) is 3.06. The van der Waals surface area contributed by atoms with E-state index in [1.807, 2.05) is 0 Å². The number of nitrogens with zero attached hydrogens (tertiary/aromatic N) is 2. The van der Waals surface area contributed by atoms with E-state index in [1.54, 1.807) is 0 Å². The number of rotatable bonds is 5. The summed E-state index contributed by atoms with van der Waals surface area (Å²) >= 11 is 6.11. The van der Waals surface area contributed by atoms with Crippen LogP contribution in [0.15, 0.2) is 34.3 Å². The van der Waals surface area contributed by atoms with Crippen molar-refractivity contribution in [3.05, 3.63) is 29.4 Å². The van der Waals surface area contributed by atoms with Crippen molar-refractivity contribution in [2.24, 2.45) is 10.7 Å². The topological polar surface area (TPSA) is 135 Å². The van der Waals surface area contributed by atoms with E-state index in [-0.39, 0.29) is 23.6 Å². The first-order chi connectivity index (χ1) is 12.3. The Morgan fingerprint density at radius 2 is 2.04 bits per heavy atom. The summed E-state index contributed by atoms with van der Waals surface area (Å²) in [5.74, 6) is -0.949. The van der Waals surface area contributed by atoms with Gasteiger partial charge in [-0.2, -0.15) is 4.72 Å². The zero-order valence-electron chi connectivity index (χ0n) is 13.6. The normalized spacial score (nSPS) is 17.1. The van der Waals surface area contributed by atoms with E-state index in [0.29, 0.717) is 28.6 Å². The number of sulfonamides is 1.